The van der Waals surface area contributed by atoms with Crippen LogP contribution in [0, 0.1) is 5.92 Å². The minimum Gasteiger partial charge on any atom is -0.381 e. The van der Waals surface area contributed by atoms with Crippen LogP contribution in [-0.2, 0) is 16.1 Å². The van der Waals surface area contributed by atoms with Crippen molar-refractivity contribution in [3.05, 3.63) is 16.7 Å². The second kappa shape index (κ2) is 7.36. The molecule has 2 aromatic heterocycles. The molecule has 2 rings (SSSR count). The predicted molar refractivity (Wildman–Crippen MR) is 87.3 cm³/mol. The average molecular weight is 321 g/mol. The van der Waals surface area contributed by atoms with E-state index in [0.717, 1.165) is 12.8 Å². The van der Waals surface area contributed by atoms with Crippen molar-refractivity contribution >= 4 is 23.0 Å². The van der Waals surface area contributed by atoms with Crippen LogP contribution in [-0.4, -0.2) is 38.6 Å². The van der Waals surface area contributed by atoms with Crippen LogP contribution in [0.4, 0.5) is 5.95 Å². The lowest BCUT2D eigenvalue weighted by Crippen LogP contribution is -2.22. The van der Waals surface area contributed by atoms with Gasteiger partial charge in [0.15, 0.2) is 11.2 Å². The highest BCUT2D eigenvalue weighted by Crippen LogP contribution is 2.11. The molecule has 8 heteroatoms. The first-order valence-electron chi connectivity index (χ1n) is 7.75. The maximum absolute atomic E-state index is 12.1. The summed E-state index contributed by atoms with van der Waals surface area (Å²) in [5, 5.41) is 2.61. The van der Waals surface area contributed by atoms with E-state index in [4.69, 9.17) is 4.74 Å². The number of nitrogens with one attached hydrogen (secondary N) is 2. The molecule has 23 heavy (non-hydrogen) atoms. The van der Waals surface area contributed by atoms with Crippen molar-refractivity contribution in [2.75, 3.05) is 12.4 Å². The zero-order valence-electron chi connectivity index (χ0n) is 13.9. The number of aromatic amines is 1. The van der Waals surface area contributed by atoms with Gasteiger partial charge in [-0.2, -0.15) is 4.98 Å². The zero-order chi connectivity index (χ0) is 17.0. The van der Waals surface area contributed by atoms with Crippen LogP contribution in [0.5, 0.6) is 0 Å². The summed E-state index contributed by atoms with van der Waals surface area (Å²) >= 11 is 0. The number of rotatable bonds is 7. The number of imidazole rings is 1. The summed E-state index contributed by atoms with van der Waals surface area (Å²) in [5.41, 5.74) is 0.350. The van der Waals surface area contributed by atoms with Crippen LogP contribution in [0.2, 0.25) is 0 Å². The maximum atomic E-state index is 12.1. The van der Waals surface area contributed by atoms with Gasteiger partial charge in [0.25, 0.3) is 5.56 Å². The van der Waals surface area contributed by atoms with E-state index < -0.39 is 0 Å². The molecule has 1 unspecified atom stereocenters. The molecule has 0 radical (unpaired) electrons. The number of hydrogen-bond acceptors (Lipinski definition) is 5. The lowest BCUT2D eigenvalue weighted by molar-refractivity contribution is -0.118. The summed E-state index contributed by atoms with van der Waals surface area (Å²) in [6.07, 6.45) is 3.44. The topological polar surface area (TPSA) is 102 Å². The number of ether oxygens (including phenoxy) is 1. The molecule has 2 aromatic rings. The number of methoxy groups -OCH3 is 1. The minimum absolute atomic E-state index is 0.140. The Hall–Kier alpha value is -2.22. The third kappa shape index (κ3) is 3.95. The normalized spacial score (nSPS) is 12.7. The van der Waals surface area contributed by atoms with Gasteiger partial charge in [0, 0.05) is 19.6 Å². The summed E-state index contributed by atoms with van der Waals surface area (Å²) in [7, 11) is 1.68. The SMILES string of the molecule is CCC(CCn1cnc2c(=O)[nH]c(NC(=O)C(C)C)nc21)OC. The Balaban J connectivity index is 2.28. The number of H-pyrrole nitrogens is 1. The Morgan fingerprint density at radius 3 is 2.83 bits per heavy atom. The highest BCUT2D eigenvalue weighted by Gasteiger charge is 2.14. The predicted octanol–water partition coefficient (Wildman–Crippen LogP) is 1.53. The van der Waals surface area contributed by atoms with Crippen molar-refractivity contribution in [1.29, 1.82) is 0 Å². The van der Waals surface area contributed by atoms with Gasteiger partial charge in [-0.3, -0.25) is 19.9 Å². The van der Waals surface area contributed by atoms with Crippen LogP contribution < -0.4 is 10.9 Å². The molecule has 0 saturated heterocycles. The van der Waals surface area contributed by atoms with Gasteiger partial charge in [0.2, 0.25) is 11.9 Å². The Kier molecular flexibility index (Phi) is 5.49. The number of aryl methyl sites for hydroxylation is 1. The van der Waals surface area contributed by atoms with Crippen LogP contribution in [0.15, 0.2) is 11.1 Å². The van der Waals surface area contributed by atoms with Gasteiger partial charge < -0.3 is 9.30 Å². The number of hydrogen-bond donors (Lipinski definition) is 2. The van der Waals surface area contributed by atoms with Crippen molar-refractivity contribution in [2.24, 2.45) is 5.92 Å². The summed E-state index contributed by atoms with van der Waals surface area (Å²) in [6, 6.07) is 0. The number of carbonyl (C=O) groups excluding carboxylic acids is 1. The minimum atomic E-state index is -0.369. The van der Waals surface area contributed by atoms with E-state index in [9.17, 15) is 9.59 Å². The number of carbonyl (C=O) groups is 1. The van der Waals surface area contributed by atoms with Crippen LogP contribution in [0.25, 0.3) is 11.2 Å². The Labute approximate surface area is 134 Å². The largest absolute Gasteiger partial charge is 0.381 e. The highest BCUT2D eigenvalue weighted by atomic mass is 16.5. The molecule has 2 heterocycles. The number of amides is 1. The fourth-order valence-electron chi connectivity index (χ4n) is 2.21. The molecule has 8 nitrogen and oxygen atoms in total. The molecule has 1 atom stereocenters. The monoisotopic (exact) mass is 321 g/mol. The molecule has 0 aromatic carbocycles. The van der Waals surface area contributed by atoms with Gasteiger partial charge in [0.05, 0.1) is 12.4 Å². The smallest absolute Gasteiger partial charge is 0.280 e. The quantitative estimate of drug-likeness (QED) is 0.805. The first-order valence-corrected chi connectivity index (χ1v) is 7.75. The van der Waals surface area contributed by atoms with Gasteiger partial charge >= 0.3 is 0 Å². The van der Waals surface area contributed by atoms with E-state index in [1.165, 1.54) is 0 Å². The number of anilines is 1. The van der Waals surface area contributed by atoms with Gasteiger partial charge in [-0.15, -0.1) is 0 Å². The second-order valence-electron chi connectivity index (χ2n) is 5.72. The van der Waals surface area contributed by atoms with Crippen molar-refractivity contribution < 1.29 is 9.53 Å². The lowest BCUT2D eigenvalue weighted by atomic mass is 10.2. The summed E-state index contributed by atoms with van der Waals surface area (Å²) in [6.45, 7) is 6.23. The summed E-state index contributed by atoms with van der Waals surface area (Å²) in [4.78, 5) is 34.8. The Bertz CT molecular complexity index is 730. The standard InChI is InChI=1S/C15H23N5O3/c1-5-10(23-4)6-7-20-8-16-11-12(20)17-15(19-14(11)22)18-13(21)9(2)3/h8-10H,5-7H2,1-4H3,(H2,17,18,19,21,22). The number of aromatic nitrogens is 4. The van der Waals surface area contributed by atoms with Crippen molar-refractivity contribution in [1.82, 2.24) is 19.5 Å². The van der Waals surface area contributed by atoms with Gasteiger partial charge in [-0.25, -0.2) is 4.98 Å². The molecule has 2 N–H and O–H groups in total. The lowest BCUT2D eigenvalue weighted by Gasteiger charge is -2.13. The first-order chi connectivity index (χ1) is 11.0. The Morgan fingerprint density at radius 2 is 2.22 bits per heavy atom. The summed E-state index contributed by atoms with van der Waals surface area (Å²) in [5.74, 6) is -0.265. The fraction of sp³-hybridized carbons (Fsp3) is 0.600. The second-order valence-corrected chi connectivity index (χ2v) is 5.72. The van der Waals surface area contributed by atoms with Gasteiger partial charge in [-0.05, 0) is 12.8 Å². The van der Waals surface area contributed by atoms with Gasteiger partial charge in [-0.1, -0.05) is 20.8 Å². The third-order valence-corrected chi connectivity index (χ3v) is 3.72. The Morgan fingerprint density at radius 1 is 1.48 bits per heavy atom. The third-order valence-electron chi connectivity index (χ3n) is 3.72. The number of nitrogens with zero attached hydrogens (tertiary/aromatic N) is 3. The summed E-state index contributed by atoms with van der Waals surface area (Å²) < 4.78 is 7.16. The average Bonchev–Trinajstić information content (AvgIpc) is 2.92. The van der Waals surface area contributed by atoms with E-state index in [1.54, 1.807) is 31.9 Å². The molecule has 0 aliphatic carbocycles. The van der Waals surface area contributed by atoms with Crippen molar-refractivity contribution in [3.63, 3.8) is 0 Å². The maximum Gasteiger partial charge on any atom is 0.280 e. The molecule has 0 spiro atoms. The highest BCUT2D eigenvalue weighted by molar-refractivity contribution is 5.91. The molecule has 0 fully saturated rings. The zero-order valence-corrected chi connectivity index (χ0v) is 13.9. The van der Waals surface area contributed by atoms with Gasteiger partial charge in [0.1, 0.15) is 0 Å². The van der Waals surface area contributed by atoms with E-state index in [0.29, 0.717) is 12.2 Å². The van der Waals surface area contributed by atoms with Crippen LogP contribution in [0.1, 0.15) is 33.6 Å². The molecule has 0 saturated carbocycles. The number of fused-ring (bicyclic) bond motifs is 1. The van der Waals surface area contributed by atoms with Crippen LogP contribution >= 0.6 is 0 Å². The molecular weight excluding hydrogens is 298 g/mol. The molecule has 126 valence electrons. The molecule has 0 aliphatic heterocycles. The molecule has 0 aliphatic rings. The van der Waals surface area contributed by atoms with Crippen molar-refractivity contribution in [2.45, 2.75) is 46.3 Å². The van der Waals surface area contributed by atoms with E-state index in [-0.39, 0.29) is 35.0 Å². The molecular formula is C15H23N5O3. The fourth-order valence-corrected chi connectivity index (χ4v) is 2.21. The van der Waals surface area contributed by atoms with Crippen LogP contribution in [0.3, 0.4) is 0 Å². The molecule has 1 amide bonds. The van der Waals surface area contributed by atoms with Crippen molar-refractivity contribution in [3.8, 4) is 0 Å². The van der Waals surface area contributed by atoms with E-state index >= 15 is 0 Å². The van der Waals surface area contributed by atoms with E-state index in [1.807, 2.05) is 0 Å². The molecule has 0 bridgehead atoms. The first kappa shape index (κ1) is 17.1. The van der Waals surface area contributed by atoms with E-state index in [2.05, 4.69) is 27.2 Å².